The van der Waals surface area contributed by atoms with Crippen LogP contribution >= 0.6 is 12.2 Å². The number of aromatic amines is 1. The second kappa shape index (κ2) is 6.13. The van der Waals surface area contributed by atoms with E-state index >= 15 is 0 Å². The summed E-state index contributed by atoms with van der Waals surface area (Å²) in [5, 5.41) is 2.65. The number of nitrogens with zero attached hydrogens (tertiary/aromatic N) is 1. The van der Waals surface area contributed by atoms with Crippen LogP contribution in [0.2, 0.25) is 0 Å². The number of benzene rings is 2. The van der Waals surface area contributed by atoms with E-state index in [1.54, 1.807) is 0 Å². The molecule has 0 aliphatic rings. The standard InChI is InChI=1S/C16H11F2N3OS/c17-10-1-5-12(6-2-10)20-15(22)14-9-19-16(23)21(14)13-7-3-11(18)4-8-13/h1-9H,(H,19,23)(H,20,22). The Morgan fingerprint density at radius 3 is 2.17 bits per heavy atom. The Balaban J connectivity index is 1.94. The van der Waals surface area contributed by atoms with Gasteiger partial charge < -0.3 is 10.3 Å². The number of hydrogen-bond donors (Lipinski definition) is 2. The van der Waals surface area contributed by atoms with Gasteiger partial charge in [0, 0.05) is 17.6 Å². The van der Waals surface area contributed by atoms with Crippen molar-refractivity contribution in [2.24, 2.45) is 0 Å². The molecule has 23 heavy (non-hydrogen) atoms. The van der Waals surface area contributed by atoms with Gasteiger partial charge in [0.25, 0.3) is 5.91 Å². The third-order valence-electron chi connectivity index (χ3n) is 3.20. The lowest BCUT2D eigenvalue weighted by Gasteiger charge is -2.09. The molecule has 0 unspecified atom stereocenters. The van der Waals surface area contributed by atoms with Gasteiger partial charge in [-0.15, -0.1) is 0 Å². The summed E-state index contributed by atoms with van der Waals surface area (Å²) in [4.78, 5) is 15.2. The number of imidazole rings is 1. The molecule has 0 aliphatic heterocycles. The monoisotopic (exact) mass is 331 g/mol. The first-order chi connectivity index (χ1) is 11.0. The van der Waals surface area contributed by atoms with Crippen molar-refractivity contribution in [3.8, 4) is 5.69 Å². The first kappa shape index (κ1) is 15.1. The van der Waals surface area contributed by atoms with E-state index in [-0.39, 0.29) is 17.3 Å². The molecule has 0 fully saturated rings. The number of hydrogen-bond acceptors (Lipinski definition) is 2. The minimum atomic E-state index is -0.423. The van der Waals surface area contributed by atoms with E-state index in [9.17, 15) is 13.6 Å². The summed E-state index contributed by atoms with van der Waals surface area (Å²) in [6.07, 6.45) is 1.46. The number of H-pyrrole nitrogens is 1. The van der Waals surface area contributed by atoms with Gasteiger partial charge in [-0.3, -0.25) is 9.36 Å². The number of aromatic nitrogens is 2. The summed E-state index contributed by atoms with van der Waals surface area (Å²) in [5.74, 6) is -1.19. The quantitative estimate of drug-likeness (QED) is 0.711. The van der Waals surface area contributed by atoms with Crippen LogP contribution in [0.4, 0.5) is 14.5 Å². The Kier molecular flexibility index (Phi) is 4.03. The van der Waals surface area contributed by atoms with Crippen LogP contribution in [0.1, 0.15) is 10.5 Å². The predicted molar refractivity (Wildman–Crippen MR) is 85.3 cm³/mol. The molecular formula is C16H11F2N3OS. The Bertz CT molecular complexity index is 898. The maximum atomic E-state index is 13.1. The van der Waals surface area contributed by atoms with Gasteiger partial charge in [0.2, 0.25) is 0 Å². The Hall–Kier alpha value is -2.80. The van der Waals surface area contributed by atoms with E-state index in [1.165, 1.54) is 59.3 Å². The Morgan fingerprint density at radius 2 is 1.57 bits per heavy atom. The van der Waals surface area contributed by atoms with E-state index in [0.29, 0.717) is 16.1 Å². The van der Waals surface area contributed by atoms with Crippen molar-refractivity contribution < 1.29 is 13.6 Å². The lowest BCUT2D eigenvalue weighted by molar-refractivity contribution is 0.102. The average Bonchev–Trinajstić information content (AvgIpc) is 2.92. The molecule has 0 saturated carbocycles. The normalized spacial score (nSPS) is 10.5. The fraction of sp³-hybridized carbons (Fsp3) is 0. The number of nitrogens with one attached hydrogen (secondary N) is 2. The largest absolute Gasteiger partial charge is 0.336 e. The summed E-state index contributed by atoms with van der Waals surface area (Å²) >= 11 is 5.17. The number of anilines is 1. The molecule has 2 aromatic carbocycles. The van der Waals surface area contributed by atoms with Gasteiger partial charge in [0.1, 0.15) is 17.3 Å². The summed E-state index contributed by atoms with van der Waals surface area (Å²) in [7, 11) is 0. The SMILES string of the molecule is O=C(Nc1ccc(F)cc1)c1c[nH]c(=S)n1-c1ccc(F)cc1. The third-order valence-corrected chi connectivity index (χ3v) is 3.50. The van der Waals surface area contributed by atoms with Gasteiger partial charge in [-0.05, 0) is 60.7 Å². The zero-order chi connectivity index (χ0) is 16.4. The smallest absolute Gasteiger partial charge is 0.274 e. The molecule has 7 heteroatoms. The fourth-order valence-electron chi connectivity index (χ4n) is 2.11. The summed E-state index contributed by atoms with van der Waals surface area (Å²) in [5.41, 5.74) is 1.27. The van der Waals surface area contributed by atoms with Gasteiger partial charge >= 0.3 is 0 Å². The van der Waals surface area contributed by atoms with Gasteiger partial charge in [0.05, 0.1) is 0 Å². The predicted octanol–water partition coefficient (Wildman–Crippen LogP) is 4.07. The molecular weight excluding hydrogens is 320 g/mol. The molecule has 0 saturated heterocycles. The summed E-state index contributed by atoms with van der Waals surface area (Å²) < 4.78 is 27.8. The maximum absolute atomic E-state index is 13.1. The van der Waals surface area contributed by atoms with E-state index in [1.807, 2.05) is 0 Å². The third kappa shape index (κ3) is 3.19. The second-order valence-corrected chi connectivity index (χ2v) is 5.14. The van der Waals surface area contributed by atoms with E-state index in [0.717, 1.165) is 0 Å². The lowest BCUT2D eigenvalue weighted by atomic mass is 10.3. The van der Waals surface area contributed by atoms with E-state index in [4.69, 9.17) is 12.2 Å². The maximum Gasteiger partial charge on any atom is 0.274 e. The molecule has 4 nitrogen and oxygen atoms in total. The minimum Gasteiger partial charge on any atom is -0.336 e. The molecule has 3 rings (SSSR count). The van der Waals surface area contributed by atoms with Crippen LogP contribution < -0.4 is 5.32 Å². The summed E-state index contributed by atoms with van der Waals surface area (Å²) in [6.45, 7) is 0. The van der Waals surface area contributed by atoms with Crippen LogP contribution in [0.25, 0.3) is 5.69 Å². The number of carbonyl (C=O) groups is 1. The van der Waals surface area contributed by atoms with Crippen LogP contribution in [-0.2, 0) is 0 Å². The van der Waals surface area contributed by atoms with Crippen molar-refractivity contribution in [2.45, 2.75) is 0 Å². The van der Waals surface area contributed by atoms with Crippen LogP contribution in [0.15, 0.2) is 54.7 Å². The van der Waals surface area contributed by atoms with Crippen LogP contribution in [0.3, 0.4) is 0 Å². The van der Waals surface area contributed by atoms with Gasteiger partial charge in [-0.25, -0.2) is 8.78 Å². The lowest BCUT2D eigenvalue weighted by Crippen LogP contribution is -2.16. The molecule has 0 bridgehead atoms. The van der Waals surface area contributed by atoms with Gasteiger partial charge in [-0.2, -0.15) is 0 Å². The topological polar surface area (TPSA) is 49.8 Å². The molecule has 0 aliphatic carbocycles. The Morgan fingerprint density at radius 1 is 1.00 bits per heavy atom. The number of halogens is 2. The highest BCUT2D eigenvalue weighted by atomic mass is 32.1. The van der Waals surface area contributed by atoms with Crippen molar-refractivity contribution in [3.05, 3.63) is 76.8 Å². The molecule has 0 atom stereocenters. The van der Waals surface area contributed by atoms with E-state index in [2.05, 4.69) is 10.3 Å². The molecule has 116 valence electrons. The van der Waals surface area contributed by atoms with Crippen LogP contribution in [-0.4, -0.2) is 15.5 Å². The van der Waals surface area contributed by atoms with Crippen molar-refractivity contribution in [1.82, 2.24) is 9.55 Å². The first-order valence-electron chi connectivity index (χ1n) is 6.68. The second-order valence-electron chi connectivity index (χ2n) is 4.75. The molecule has 1 aromatic heterocycles. The highest BCUT2D eigenvalue weighted by Crippen LogP contribution is 2.16. The number of amides is 1. The highest BCUT2D eigenvalue weighted by Gasteiger charge is 2.14. The minimum absolute atomic E-state index is 0.255. The van der Waals surface area contributed by atoms with Crippen LogP contribution in [0.5, 0.6) is 0 Å². The summed E-state index contributed by atoms with van der Waals surface area (Å²) in [6, 6.07) is 11.0. The number of rotatable bonds is 3. The van der Waals surface area contributed by atoms with E-state index < -0.39 is 5.91 Å². The zero-order valence-corrected chi connectivity index (χ0v) is 12.5. The van der Waals surface area contributed by atoms with Crippen molar-refractivity contribution >= 4 is 23.8 Å². The van der Waals surface area contributed by atoms with Gasteiger partial charge in [0.15, 0.2) is 4.77 Å². The molecule has 0 radical (unpaired) electrons. The molecule has 1 amide bonds. The zero-order valence-electron chi connectivity index (χ0n) is 11.7. The molecule has 0 spiro atoms. The molecule has 1 heterocycles. The molecule has 2 N–H and O–H groups in total. The van der Waals surface area contributed by atoms with Crippen molar-refractivity contribution in [3.63, 3.8) is 0 Å². The van der Waals surface area contributed by atoms with Gasteiger partial charge in [-0.1, -0.05) is 0 Å². The van der Waals surface area contributed by atoms with Crippen molar-refractivity contribution in [1.29, 1.82) is 0 Å². The first-order valence-corrected chi connectivity index (χ1v) is 7.09. The fourth-order valence-corrected chi connectivity index (χ4v) is 2.37. The molecule has 3 aromatic rings. The average molecular weight is 331 g/mol. The van der Waals surface area contributed by atoms with Crippen molar-refractivity contribution in [2.75, 3.05) is 5.32 Å². The Labute approximate surface area is 135 Å². The highest BCUT2D eigenvalue weighted by molar-refractivity contribution is 7.71. The number of carbonyl (C=O) groups excluding carboxylic acids is 1. The van der Waals surface area contributed by atoms with Crippen LogP contribution in [0, 0.1) is 16.4 Å².